The zero-order valence-corrected chi connectivity index (χ0v) is 19.2. The monoisotopic (exact) mass is 467 g/mol. The number of pyridine rings is 1. The number of benzene rings is 2. The fourth-order valence-corrected chi connectivity index (χ4v) is 5.00. The number of fused-ring (bicyclic) bond motifs is 1. The van der Waals surface area contributed by atoms with Gasteiger partial charge in [0.25, 0.3) is 5.56 Å². The van der Waals surface area contributed by atoms with Crippen LogP contribution in [0.15, 0.2) is 101 Å². The maximum Gasteiger partial charge on any atom is 0.338 e. The van der Waals surface area contributed by atoms with Crippen molar-refractivity contribution < 1.29 is 9.53 Å². The zero-order valence-electron chi connectivity index (χ0n) is 18.4. The Morgan fingerprint density at radius 2 is 1.79 bits per heavy atom. The third-order valence-electron chi connectivity index (χ3n) is 5.47. The van der Waals surface area contributed by atoms with Crippen LogP contribution in [0.4, 0.5) is 0 Å². The fraction of sp³-hybridized carbons (Fsp3) is 0.111. The van der Waals surface area contributed by atoms with Crippen LogP contribution in [0.3, 0.4) is 0 Å². The van der Waals surface area contributed by atoms with Gasteiger partial charge in [0.2, 0.25) is 0 Å². The summed E-state index contributed by atoms with van der Waals surface area (Å²) in [6.45, 7) is 1.98. The average molecular weight is 468 g/mol. The van der Waals surface area contributed by atoms with E-state index in [1.54, 1.807) is 30.0 Å². The molecule has 1 aliphatic heterocycles. The summed E-state index contributed by atoms with van der Waals surface area (Å²) in [5.41, 5.74) is 3.06. The van der Waals surface area contributed by atoms with Crippen LogP contribution in [-0.4, -0.2) is 22.1 Å². The number of rotatable bonds is 5. The number of ether oxygens (including phenoxy) is 1. The van der Waals surface area contributed by atoms with Gasteiger partial charge in [-0.25, -0.2) is 9.79 Å². The van der Waals surface area contributed by atoms with Crippen molar-refractivity contribution in [1.29, 1.82) is 0 Å². The minimum Gasteiger partial charge on any atom is -0.463 e. The van der Waals surface area contributed by atoms with Crippen LogP contribution in [0.25, 0.3) is 11.8 Å². The lowest BCUT2D eigenvalue weighted by Gasteiger charge is -2.25. The number of carbonyl (C=O) groups is 1. The molecule has 4 aromatic rings. The molecule has 0 N–H and O–H groups in total. The summed E-state index contributed by atoms with van der Waals surface area (Å²) in [4.78, 5) is 36.5. The van der Waals surface area contributed by atoms with E-state index in [0.717, 1.165) is 16.7 Å². The number of hydrogen-bond donors (Lipinski definition) is 0. The predicted octanol–water partition coefficient (Wildman–Crippen LogP) is 3.33. The molecule has 6 nitrogen and oxygen atoms in total. The number of thiazole rings is 1. The molecule has 0 bridgehead atoms. The molecular weight excluding hydrogens is 446 g/mol. The molecule has 0 radical (unpaired) electrons. The highest BCUT2D eigenvalue weighted by Gasteiger charge is 2.35. The van der Waals surface area contributed by atoms with E-state index in [9.17, 15) is 9.59 Å². The standard InChI is InChI=1S/C27H21N3O3S/c1-2-33-26(32)22-23(19-11-5-3-6-12-19)29-27-30(24(22)20-13-7-4-8-14-20)25(31)21(34-27)16-18-10-9-15-28-17-18/h3-17,24H,2H2,1H3/b21-16-/t24-/m0/s1. The second-order valence-corrected chi connectivity index (χ2v) is 8.64. The largest absolute Gasteiger partial charge is 0.463 e. The van der Waals surface area contributed by atoms with E-state index in [0.29, 0.717) is 20.6 Å². The smallest absolute Gasteiger partial charge is 0.338 e. The van der Waals surface area contributed by atoms with Crippen molar-refractivity contribution in [3.05, 3.63) is 127 Å². The highest BCUT2D eigenvalue weighted by molar-refractivity contribution is 7.07. The second kappa shape index (κ2) is 9.41. The molecule has 2 aromatic heterocycles. The zero-order chi connectivity index (χ0) is 23.5. The number of nitrogens with zero attached hydrogens (tertiary/aromatic N) is 3. The summed E-state index contributed by atoms with van der Waals surface area (Å²) in [7, 11) is 0. The molecule has 0 saturated heterocycles. The van der Waals surface area contributed by atoms with Crippen molar-refractivity contribution in [3.8, 4) is 0 Å². The number of aromatic nitrogens is 2. The first-order valence-corrected chi connectivity index (χ1v) is 11.7. The highest BCUT2D eigenvalue weighted by Crippen LogP contribution is 2.34. The summed E-state index contributed by atoms with van der Waals surface area (Å²) < 4.78 is 7.57. The Bertz CT molecular complexity index is 1540. The highest BCUT2D eigenvalue weighted by atomic mass is 32.1. The van der Waals surface area contributed by atoms with Gasteiger partial charge in [0.05, 0.1) is 28.5 Å². The van der Waals surface area contributed by atoms with Crippen molar-refractivity contribution >= 4 is 29.1 Å². The third-order valence-corrected chi connectivity index (χ3v) is 6.45. The molecule has 7 heteroatoms. The summed E-state index contributed by atoms with van der Waals surface area (Å²) >= 11 is 1.29. The second-order valence-electron chi connectivity index (χ2n) is 7.63. The quantitative estimate of drug-likeness (QED) is 0.422. The molecular formula is C27H21N3O3S. The predicted molar refractivity (Wildman–Crippen MR) is 132 cm³/mol. The van der Waals surface area contributed by atoms with Gasteiger partial charge < -0.3 is 4.74 Å². The molecule has 0 fully saturated rings. The lowest BCUT2D eigenvalue weighted by Crippen LogP contribution is -2.39. The molecule has 1 aliphatic rings. The lowest BCUT2D eigenvalue weighted by molar-refractivity contribution is -0.138. The van der Waals surface area contributed by atoms with Gasteiger partial charge in [0.1, 0.15) is 0 Å². The van der Waals surface area contributed by atoms with E-state index in [1.165, 1.54) is 11.3 Å². The first kappa shape index (κ1) is 21.7. The van der Waals surface area contributed by atoms with Crippen LogP contribution < -0.4 is 14.9 Å². The summed E-state index contributed by atoms with van der Waals surface area (Å²) in [6, 6.07) is 22.1. The lowest BCUT2D eigenvalue weighted by atomic mass is 9.93. The molecule has 5 rings (SSSR count). The van der Waals surface area contributed by atoms with Crippen molar-refractivity contribution in [2.75, 3.05) is 6.61 Å². The molecule has 3 heterocycles. The maximum atomic E-state index is 13.7. The van der Waals surface area contributed by atoms with Crippen molar-refractivity contribution in [2.45, 2.75) is 13.0 Å². The Hall–Kier alpha value is -4.10. The van der Waals surface area contributed by atoms with E-state index in [1.807, 2.05) is 72.8 Å². The Kier molecular flexibility index (Phi) is 6.01. The van der Waals surface area contributed by atoms with E-state index in [-0.39, 0.29) is 12.2 Å². The van der Waals surface area contributed by atoms with Gasteiger partial charge in [0.15, 0.2) is 4.80 Å². The third kappa shape index (κ3) is 4.02. The van der Waals surface area contributed by atoms with Gasteiger partial charge in [-0.05, 0) is 30.2 Å². The normalized spacial score (nSPS) is 15.6. The van der Waals surface area contributed by atoms with Gasteiger partial charge in [0, 0.05) is 18.0 Å². The van der Waals surface area contributed by atoms with Crippen LogP contribution in [0.1, 0.15) is 29.7 Å². The van der Waals surface area contributed by atoms with Crippen LogP contribution >= 0.6 is 11.3 Å². The summed E-state index contributed by atoms with van der Waals surface area (Å²) in [6.07, 6.45) is 5.19. The summed E-state index contributed by atoms with van der Waals surface area (Å²) in [5.74, 6) is -0.486. The molecule has 0 unspecified atom stereocenters. The minimum absolute atomic E-state index is 0.213. The van der Waals surface area contributed by atoms with Crippen molar-refractivity contribution in [2.24, 2.45) is 4.99 Å². The first-order chi connectivity index (χ1) is 16.7. The maximum absolute atomic E-state index is 13.7. The number of carbonyl (C=O) groups excluding carboxylic acids is 1. The molecule has 0 aliphatic carbocycles. The Balaban J connectivity index is 1.84. The van der Waals surface area contributed by atoms with Gasteiger partial charge >= 0.3 is 5.97 Å². The van der Waals surface area contributed by atoms with E-state index >= 15 is 0 Å². The van der Waals surface area contributed by atoms with Crippen molar-refractivity contribution in [1.82, 2.24) is 9.55 Å². The topological polar surface area (TPSA) is 73.6 Å². The molecule has 0 spiro atoms. The van der Waals surface area contributed by atoms with Crippen LogP contribution in [0.5, 0.6) is 0 Å². The molecule has 34 heavy (non-hydrogen) atoms. The first-order valence-electron chi connectivity index (χ1n) is 10.9. The van der Waals surface area contributed by atoms with Gasteiger partial charge in [-0.1, -0.05) is 78.1 Å². The van der Waals surface area contributed by atoms with Gasteiger partial charge in [-0.15, -0.1) is 0 Å². The molecule has 0 amide bonds. The molecule has 168 valence electrons. The SMILES string of the molecule is CCOC(=O)C1=C(c2ccccc2)N=c2s/c(=C\c3cccnc3)c(=O)n2[C@H]1c1ccccc1. The van der Waals surface area contributed by atoms with Crippen molar-refractivity contribution in [3.63, 3.8) is 0 Å². The van der Waals surface area contributed by atoms with Crippen LogP contribution in [0, 0.1) is 0 Å². The van der Waals surface area contributed by atoms with Gasteiger partial charge in [-0.2, -0.15) is 0 Å². The Labute approximate surface area is 199 Å². The summed E-state index contributed by atoms with van der Waals surface area (Å²) in [5, 5.41) is 0. The van der Waals surface area contributed by atoms with E-state index in [2.05, 4.69) is 4.98 Å². The molecule has 0 saturated carbocycles. The number of esters is 1. The fourth-order valence-electron chi connectivity index (χ4n) is 4.00. The van der Waals surface area contributed by atoms with E-state index < -0.39 is 12.0 Å². The number of hydrogen-bond acceptors (Lipinski definition) is 6. The van der Waals surface area contributed by atoms with E-state index in [4.69, 9.17) is 9.73 Å². The molecule has 2 aromatic carbocycles. The average Bonchev–Trinajstić information content (AvgIpc) is 3.19. The molecule has 1 atom stereocenters. The Morgan fingerprint density at radius 3 is 2.47 bits per heavy atom. The van der Waals surface area contributed by atoms with Crippen LogP contribution in [0.2, 0.25) is 0 Å². The minimum atomic E-state index is -0.664. The van der Waals surface area contributed by atoms with Crippen LogP contribution in [-0.2, 0) is 9.53 Å². The Morgan fingerprint density at radius 1 is 1.06 bits per heavy atom. The van der Waals surface area contributed by atoms with Gasteiger partial charge in [-0.3, -0.25) is 14.3 Å².